The number of halogens is 2. The molecule has 0 amide bonds. The molecule has 2 heterocycles. The van der Waals surface area contributed by atoms with Crippen LogP contribution in [0.4, 0.5) is 0 Å². The van der Waals surface area contributed by atoms with Crippen molar-refractivity contribution in [1.29, 1.82) is 0 Å². The Morgan fingerprint density at radius 2 is 1.47 bits per heavy atom. The zero-order chi connectivity index (χ0) is 24.5. The Morgan fingerprint density at radius 1 is 0.941 bits per heavy atom. The molecule has 11 heteroatoms. The van der Waals surface area contributed by atoms with E-state index in [1.807, 2.05) is 0 Å². The summed E-state index contributed by atoms with van der Waals surface area (Å²) in [7, 11) is 2.61. The van der Waals surface area contributed by atoms with Gasteiger partial charge in [0.15, 0.2) is 40.1 Å². The van der Waals surface area contributed by atoms with E-state index in [4.69, 9.17) is 42.1 Å². The van der Waals surface area contributed by atoms with Gasteiger partial charge in [0.1, 0.15) is 10.0 Å². The molecule has 0 unspecified atom stereocenters. The molecule has 5 rings (SSSR count). The van der Waals surface area contributed by atoms with E-state index in [-0.39, 0.29) is 60.9 Å². The molecule has 0 saturated carbocycles. The number of esters is 1. The summed E-state index contributed by atoms with van der Waals surface area (Å²) in [5.74, 6) is -3.49. The van der Waals surface area contributed by atoms with Gasteiger partial charge in [-0.15, -0.1) is 0 Å². The number of aromatic hydroxyl groups is 2. The number of hydrogen-bond acceptors (Lipinski definition) is 8. The minimum atomic E-state index is -1.82. The van der Waals surface area contributed by atoms with Crippen LogP contribution in [-0.4, -0.2) is 41.5 Å². The van der Waals surface area contributed by atoms with E-state index < -0.39 is 29.0 Å². The Bertz CT molecular complexity index is 1370. The quantitative estimate of drug-likeness (QED) is 0.434. The first kappa shape index (κ1) is 22.0. The second-order valence-electron chi connectivity index (χ2n) is 7.44. The molecule has 0 radical (unpaired) electrons. The van der Waals surface area contributed by atoms with Gasteiger partial charge in [-0.05, 0) is 18.2 Å². The van der Waals surface area contributed by atoms with Crippen LogP contribution in [0.5, 0.6) is 34.5 Å². The van der Waals surface area contributed by atoms with Crippen LogP contribution in [0.2, 0.25) is 10.0 Å². The molecule has 1 spiro atoms. The highest BCUT2D eigenvalue weighted by atomic mass is 35.5. The van der Waals surface area contributed by atoms with Gasteiger partial charge < -0.3 is 34.3 Å². The molecular weight excluding hydrogens is 491 g/mol. The van der Waals surface area contributed by atoms with E-state index in [0.717, 1.165) is 0 Å². The van der Waals surface area contributed by atoms with E-state index in [1.54, 1.807) is 0 Å². The third kappa shape index (κ3) is 2.62. The zero-order valence-electron chi connectivity index (χ0n) is 17.4. The number of phenolic OH excluding ortho intramolecular Hbond substituents is 2. The summed E-state index contributed by atoms with van der Waals surface area (Å²) in [6.07, 6.45) is 0. The number of aromatic carboxylic acids is 1. The third-order valence-electron chi connectivity index (χ3n) is 5.85. The lowest BCUT2D eigenvalue weighted by atomic mass is 9.76. The molecule has 9 nitrogen and oxygen atoms in total. The van der Waals surface area contributed by atoms with E-state index in [1.165, 1.54) is 44.6 Å². The van der Waals surface area contributed by atoms with Gasteiger partial charge >= 0.3 is 11.9 Å². The maximum absolute atomic E-state index is 13.1. The predicted molar refractivity (Wildman–Crippen MR) is 118 cm³/mol. The number of carbonyl (C=O) groups excluding carboxylic acids is 1. The molecule has 174 valence electrons. The number of carboxylic acid groups (broad SMARTS) is 1. The SMILES string of the molecule is COc1cc2c(c(Cl)c1O)Oc1c(cc(OC)c(O)c1Cl)C21OC(=O)c2c(C(=O)O)cccc21. The molecule has 2 aliphatic heterocycles. The minimum Gasteiger partial charge on any atom is -0.503 e. The fourth-order valence-corrected chi connectivity index (χ4v) is 4.83. The van der Waals surface area contributed by atoms with Crippen LogP contribution in [0.3, 0.4) is 0 Å². The standard InChI is InChI=1S/C23H14Cl2O9/c1-31-12-6-10-19(15(24)17(12)26)33-20-11(7-13(32-2)18(27)16(20)25)23(10)9-5-3-4-8(21(28)29)14(9)22(30)34-23/h3-7,26-27H,1-2H3,(H,28,29). The maximum Gasteiger partial charge on any atom is 0.341 e. The summed E-state index contributed by atoms with van der Waals surface area (Å²) in [5.41, 5.74) is -1.84. The Balaban J connectivity index is 1.99. The average Bonchev–Trinajstić information content (AvgIpc) is 3.12. The van der Waals surface area contributed by atoms with Crippen molar-refractivity contribution in [3.8, 4) is 34.5 Å². The van der Waals surface area contributed by atoms with Crippen molar-refractivity contribution in [2.24, 2.45) is 0 Å². The molecule has 0 aromatic heterocycles. The molecule has 34 heavy (non-hydrogen) atoms. The van der Waals surface area contributed by atoms with E-state index in [2.05, 4.69) is 0 Å². The first-order valence-corrected chi connectivity index (χ1v) is 10.4. The highest BCUT2D eigenvalue weighted by Gasteiger charge is 2.56. The first-order chi connectivity index (χ1) is 16.2. The second-order valence-corrected chi connectivity index (χ2v) is 8.20. The van der Waals surface area contributed by atoms with Gasteiger partial charge in [-0.1, -0.05) is 35.3 Å². The number of carboxylic acids is 1. The maximum atomic E-state index is 13.1. The number of hydrogen-bond donors (Lipinski definition) is 3. The highest BCUT2D eigenvalue weighted by Crippen LogP contribution is 2.63. The molecule has 3 N–H and O–H groups in total. The van der Waals surface area contributed by atoms with Crippen molar-refractivity contribution in [3.63, 3.8) is 0 Å². The van der Waals surface area contributed by atoms with Crippen LogP contribution < -0.4 is 14.2 Å². The summed E-state index contributed by atoms with van der Waals surface area (Å²) >= 11 is 12.8. The van der Waals surface area contributed by atoms with Gasteiger partial charge in [0.25, 0.3) is 0 Å². The second kappa shape index (κ2) is 7.34. The van der Waals surface area contributed by atoms with Crippen LogP contribution in [0, 0.1) is 0 Å². The van der Waals surface area contributed by atoms with Crippen molar-refractivity contribution >= 4 is 35.1 Å². The fourth-order valence-electron chi connectivity index (χ4n) is 4.37. The number of carbonyl (C=O) groups is 2. The van der Waals surface area contributed by atoms with Crippen molar-refractivity contribution < 1.29 is 43.9 Å². The van der Waals surface area contributed by atoms with E-state index in [9.17, 15) is 24.9 Å². The number of fused-ring (bicyclic) bond motifs is 6. The molecule has 0 fully saturated rings. The fraction of sp³-hybridized carbons (Fsp3) is 0.130. The Morgan fingerprint density at radius 3 is 1.94 bits per heavy atom. The van der Waals surface area contributed by atoms with Gasteiger partial charge in [0.05, 0.1) is 36.5 Å². The normalized spacial score (nSPS) is 14.5. The van der Waals surface area contributed by atoms with Crippen molar-refractivity contribution in [2.45, 2.75) is 5.60 Å². The number of benzene rings is 3. The number of phenols is 2. The summed E-state index contributed by atoms with van der Waals surface area (Å²) in [5, 5.41) is 30.1. The Labute approximate surface area is 201 Å². The van der Waals surface area contributed by atoms with Crippen LogP contribution in [0.1, 0.15) is 37.4 Å². The summed E-state index contributed by atoms with van der Waals surface area (Å²) in [6, 6.07) is 6.98. The van der Waals surface area contributed by atoms with E-state index >= 15 is 0 Å². The van der Waals surface area contributed by atoms with Gasteiger partial charge in [0, 0.05) is 5.56 Å². The third-order valence-corrected chi connectivity index (χ3v) is 6.55. The van der Waals surface area contributed by atoms with Crippen LogP contribution in [0.25, 0.3) is 0 Å². The molecule has 0 bridgehead atoms. The topological polar surface area (TPSA) is 132 Å². The first-order valence-electron chi connectivity index (χ1n) is 9.65. The summed E-state index contributed by atoms with van der Waals surface area (Å²) < 4.78 is 22.3. The van der Waals surface area contributed by atoms with Crippen molar-refractivity contribution in [2.75, 3.05) is 14.2 Å². The molecule has 2 aliphatic rings. The molecule has 3 aromatic carbocycles. The number of ether oxygens (including phenoxy) is 4. The number of rotatable bonds is 3. The lowest BCUT2D eigenvalue weighted by Gasteiger charge is -2.37. The van der Waals surface area contributed by atoms with Gasteiger partial charge in [-0.2, -0.15) is 0 Å². The Hall–Kier alpha value is -3.82. The minimum absolute atomic E-state index is 0.0501. The van der Waals surface area contributed by atoms with Gasteiger partial charge in [-0.25, -0.2) is 9.59 Å². The van der Waals surface area contributed by atoms with Crippen LogP contribution >= 0.6 is 23.2 Å². The van der Waals surface area contributed by atoms with Gasteiger partial charge in [0.2, 0.25) is 0 Å². The zero-order valence-corrected chi connectivity index (χ0v) is 18.9. The van der Waals surface area contributed by atoms with Crippen molar-refractivity contribution in [1.82, 2.24) is 0 Å². The lowest BCUT2D eigenvalue weighted by Crippen LogP contribution is -2.33. The predicted octanol–water partition coefficient (Wildman–Crippen LogP) is 4.69. The lowest BCUT2D eigenvalue weighted by molar-refractivity contribution is 0.0220. The molecule has 3 aromatic rings. The molecule has 0 aliphatic carbocycles. The monoisotopic (exact) mass is 504 g/mol. The average molecular weight is 505 g/mol. The largest absolute Gasteiger partial charge is 0.503 e. The molecule has 0 saturated heterocycles. The highest BCUT2D eigenvalue weighted by molar-refractivity contribution is 6.35. The van der Waals surface area contributed by atoms with Crippen LogP contribution in [-0.2, 0) is 10.3 Å². The Kier molecular flexibility index (Phi) is 4.75. The summed E-state index contributed by atoms with van der Waals surface area (Å²) in [6.45, 7) is 0. The van der Waals surface area contributed by atoms with Crippen LogP contribution in [0.15, 0.2) is 30.3 Å². The van der Waals surface area contributed by atoms with Crippen molar-refractivity contribution in [3.05, 3.63) is 68.2 Å². The molecular formula is C23H14Cl2O9. The summed E-state index contributed by atoms with van der Waals surface area (Å²) in [4.78, 5) is 25.0. The van der Waals surface area contributed by atoms with E-state index in [0.29, 0.717) is 0 Å². The number of methoxy groups -OCH3 is 2. The smallest absolute Gasteiger partial charge is 0.341 e. The van der Waals surface area contributed by atoms with Gasteiger partial charge in [-0.3, -0.25) is 0 Å². The molecule has 0 atom stereocenters.